The molecule has 0 aliphatic rings. The van der Waals surface area contributed by atoms with Crippen molar-refractivity contribution in [2.45, 2.75) is 13.1 Å². The number of amides is 1. The minimum atomic E-state index is -4.45. The summed E-state index contributed by atoms with van der Waals surface area (Å²) in [4.78, 5) is 19.2. The summed E-state index contributed by atoms with van der Waals surface area (Å²) in [5.41, 5.74) is 0.295. The van der Waals surface area contributed by atoms with Crippen LogP contribution in [-0.4, -0.2) is 15.9 Å². The second kappa shape index (κ2) is 5.38. The van der Waals surface area contributed by atoms with Gasteiger partial charge in [-0.05, 0) is 24.3 Å². The maximum absolute atomic E-state index is 12.7. The highest BCUT2D eigenvalue weighted by molar-refractivity contribution is 5.93. The first-order chi connectivity index (χ1) is 10.8. The molecule has 0 bridgehead atoms. The standard InChI is InChI=1S/C15H10F3N3O2/c1-8(22)20-12-7-19-5-4-10(12)14-21-11-6-9(15(16,17)18)2-3-13(11)23-14/h2-7H,1H3,(H,20,22). The molecule has 0 aliphatic carbocycles. The van der Waals surface area contributed by atoms with Crippen molar-refractivity contribution < 1.29 is 22.4 Å². The summed E-state index contributed by atoms with van der Waals surface area (Å²) in [5.74, 6) is -0.208. The number of nitrogens with one attached hydrogen (secondary N) is 1. The molecule has 2 heterocycles. The van der Waals surface area contributed by atoms with Crippen LogP contribution < -0.4 is 5.32 Å². The van der Waals surface area contributed by atoms with Crippen LogP contribution in [0, 0.1) is 0 Å². The lowest BCUT2D eigenvalue weighted by Crippen LogP contribution is -2.07. The van der Waals surface area contributed by atoms with Crippen molar-refractivity contribution in [2.24, 2.45) is 0 Å². The van der Waals surface area contributed by atoms with Gasteiger partial charge in [0.15, 0.2) is 5.58 Å². The Bertz CT molecular complexity index is 887. The van der Waals surface area contributed by atoms with Crippen LogP contribution in [0.2, 0.25) is 0 Å². The zero-order chi connectivity index (χ0) is 16.6. The molecule has 0 spiro atoms. The Balaban J connectivity index is 2.09. The Hall–Kier alpha value is -2.90. The first kappa shape index (κ1) is 15.0. The van der Waals surface area contributed by atoms with E-state index in [1.54, 1.807) is 6.07 Å². The molecule has 23 heavy (non-hydrogen) atoms. The largest absolute Gasteiger partial charge is 0.436 e. The van der Waals surface area contributed by atoms with E-state index >= 15 is 0 Å². The number of hydrogen-bond acceptors (Lipinski definition) is 4. The topological polar surface area (TPSA) is 68.0 Å². The third-order valence-electron chi connectivity index (χ3n) is 3.08. The molecule has 2 aromatic heterocycles. The van der Waals surface area contributed by atoms with Crippen molar-refractivity contribution in [1.29, 1.82) is 0 Å². The maximum atomic E-state index is 12.7. The Labute approximate surface area is 128 Å². The Morgan fingerprint density at radius 3 is 2.74 bits per heavy atom. The van der Waals surface area contributed by atoms with Crippen molar-refractivity contribution in [3.05, 3.63) is 42.2 Å². The van der Waals surface area contributed by atoms with Gasteiger partial charge >= 0.3 is 6.18 Å². The number of aromatic nitrogens is 2. The lowest BCUT2D eigenvalue weighted by atomic mass is 10.2. The summed E-state index contributed by atoms with van der Waals surface area (Å²) in [6.45, 7) is 1.33. The van der Waals surface area contributed by atoms with E-state index in [4.69, 9.17) is 4.42 Å². The normalized spacial score (nSPS) is 11.7. The molecule has 1 amide bonds. The van der Waals surface area contributed by atoms with Gasteiger partial charge in [0, 0.05) is 13.1 Å². The zero-order valence-corrected chi connectivity index (χ0v) is 11.8. The fourth-order valence-electron chi connectivity index (χ4n) is 2.09. The number of nitrogens with zero attached hydrogens (tertiary/aromatic N) is 2. The van der Waals surface area contributed by atoms with Gasteiger partial charge in [-0.25, -0.2) is 4.98 Å². The summed E-state index contributed by atoms with van der Waals surface area (Å²) in [6, 6.07) is 4.62. The van der Waals surface area contributed by atoms with E-state index in [0.717, 1.165) is 12.1 Å². The first-order valence-electron chi connectivity index (χ1n) is 6.54. The monoisotopic (exact) mass is 321 g/mol. The Morgan fingerprint density at radius 2 is 2.04 bits per heavy atom. The average Bonchev–Trinajstić information content (AvgIpc) is 2.89. The Morgan fingerprint density at radius 1 is 1.26 bits per heavy atom. The third kappa shape index (κ3) is 3.01. The van der Waals surface area contributed by atoms with E-state index in [1.165, 1.54) is 25.4 Å². The number of halogens is 3. The van der Waals surface area contributed by atoms with Gasteiger partial charge in [0.1, 0.15) is 5.52 Å². The van der Waals surface area contributed by atoms with Crippen LogP contribution in [-0.2, 0) is 11.0 Å². The number of oxazole rings is 1. The summed E-state index contributed by atoms with van der Waals surface area (Å²) < 4.78 is 43.7. The lowest BCUT2D eigenvalue weighted by Gasteiger charge is -2.05. The van der Waals surface area contributed by atoms with E-state index in [-0.39, 0.29) is 22.9 Å². The third-order valence-corrected chi connectivity index (χ3v) is 3.08. The van der Waals surface area contributed by atoms with Crippen molar-refractivity contribution in [3.8, 4) is 11.5 Å². The van der Waals surface area contributed by atoms with Crippen LogP contribution in [0.25, 0.3) is 22.6 Å². The molecule has 8 heteroatoms. The fourth-order valence-corrected chi connectivity index (χ4v) is 2.09. The Kier molecular flexibility index (Phi) is 3.51. The highest BCUT2D eigenvalue weighted by Crippen LogP contribution is 2.34. The second-order valence-corrected chi connectivity index (χ2v) is 4.80. The number of carbonyl (C=O) groups is 1. The van der Waals surface area contributed by atoms with E-state index in [9.17, 15) is 18.0 Å². The quantitative estimate of drug-likeness (QED) is 0.778. The average molecular weight is 321 g/mol. The number of rotatable bonds is 2. The van der Waals surface area contributed by atoms with Gasteiger partial charge in [-0.15, -0.1) is 0 Å². The van der Waals surface area contributed by atoms with Gasteiger partial charge in [0.25, 0.3) is 0 Å². The predicted octanol–water partition coefficient (Wildman–Crippen LogP) is 3.87. The minimum absolute atomic E-state index is 0.0837. The molecule has 0 saturated carbocycles. The number of pyridine rings is 1. The highest BCUT2D eigenvalue weighted by Gasteiger charge is 2.31. The summed E-state index contributed by atoms with van der Waals surface area (Å²) >= 11 is 0. The van der Waals surface area contributed by atoms with Crippen LogP contribution in [0.3, 0.4) is 0 Å². The van der Waals surface area contributed by atoms with Gasteiger partial charge in [-0.2, -0.15) is 13.2 Å². The van der Waals surface area contributed by atoms with Crippen molar-refractivity contribution in [3.63, 3.8) is 0 Å². The van der Waals surface area contributed by atoms with Crippen molar-refractivity contribution in [2.75, 3.05) is 5.32 Å². The number of benzene rings is 1. The second-order valence-electron chi connectivity index (χ2n) is 4.80. The van der Waals surface area contributed by atoms with Crippen LogP contribution in [0.4, 0.5) is 18.9 Å². The van der Waals surface area contributed by atoms with Gasteiger partial charge in [-0.1, -0.05) is 0 Å². The van der Waals surface area contributed by atoms with Gasteiger partial charge < -0.3 is 9.73 Å². The zero-order valence-electron chi connectivity index (χ0n) is 11.8. The molecule has 118 valence electrons. The molecule has 0 aliphatic heterocycles. The van der Waals surface area contributed by atoms with Crippen molar-refractivity contribution in [1.82, 2.24) is 9.97 Å². The fraction of sp³-hybridized carbons (Fsp3) is 0.133. The number of carbonyl (C=O) groups excluding carboxylic acids is 1. The molecule has 1 aromatic carbocycles. The van der Waals surface area contributed by atoms with E-state index in [2.05, 4.69) is 15.3 Å². The van der Waals surface area contributed by atoms with Crippen LogP contribution in [0.1, 0.15) is 12.5 Å². The summed E-state index contributed by atoms with van der Waals surface area (Å²) in [6.07, 6.45) is -1.57. The smallest absolute Gasteiger partial charge is 0.416 e. The summed E-state index contributed by atoms with van der Waals surface area (Å²) in [7, 11) is 0. The van der Waals surface area contributed by atoms with E-state index in [0.29, 0.717) is 11.3 Å². The maximum Gasteiger partial charge on any atom is 0.416 e. The molecular weight excluding hydrogens is 311 g/mol. The number of anilines is 1. The first-order valence-corrected chi connectivity index (χ1v) is 6.54. The lowest BCUT2D eigenvalue weighted by molar-refractivity contribution is -0.137. The molecule has 0 saturated heterocycles. The molecule has 0 fully saturated rings. The van der Waals surface area contributed by atoms with E-state index in [1.807, 2.05) is 0 Å². The van der Waals surface area contributed by atoms with Crippen LogP contribution in [0.5, 0.6) is 0 Å². The predicted molar refractivity (Wildman–Crippen MR) is 76.5 cm³/mol. The molecule has 0 unspecified atom stereocenters. The van der Waals surface area contributed by atoms with Crippen LogP contribution >= 0.6 is 0 Å². The van der Waals surface area contributed by atoms with Crippen LogP contribution in [0.15, 0.2) is 41.1 Å². The van der Waals surface area contributed by atoms with E-state index < -0.39 is 11.7 Å². The molecule has 3 rings (SSSR count). The van der Waals surface area contributed by atoms with Gasteiger partial charge in [0.2, 0.25) is 11.8 Å². The highest BCUT2D eigenvalue weighted by atomic mass is 19.4. The molecular formula is C15H10F3N3O2. The van der Waals surface area contributed by atoms with Gasteiger partial charge in [0.05, 0.1) is 23.0 Å². The molecule has 5 nitrogen and oxygen atoms in total. The van der Waals surface area contributed by atoms with Crippen molar-refractivity contribution >= 4 is 22.7 Å². The molecule has 1 N–H and O–H groups in total. The molecule has 3 aromatic rings. The number of alkyl halides is 3. The number of fused-ring (bicyclic) bond motifs is 1. The minimum Gasteiger partial charge on any atom is -0.436 e. The van der Waals surface area contributed by atoms with Gasteiger partial charge in [-0.3, -0.25) is 9.78 Å². The number of hydrogen-bond donors (Lipinski definition) is 1. The SMILES string of the molecule is CC(=O)Nc1cnccc1-c1nc2cc(C(F)(F)F)ccc2o1. The molecule has 0 radical (unpaired) electrons. The summed E-state index contributed by atoms with van der Waals surface area (Å²) in [5, 5.41) is 2.57. The molecule has 0 atom stereocenters.